The largest absolute Gasteiger partial charge is 0.353 e. The van der Waals surface area contributed by atoms with E-state index >= 15 is 0 Å². The number of anilines is 1. The van der Waals surface area contributed by atoms with Crippen molar-refractivity contribution >= 4 is 45.8 Å². The summed E-state index contributed by atoms with van der Waals surface area (Å²) in [5, 5.41) is 3.10. The average Bonchev–Trinajstić information content (AvgIpc) is 2.92. The standard InChI is InChI=1S/C17H22BrN3O2.ClH/c18-14-3-1-2-4-15(14)21-10-11(9-16(21)22)17(23)20-13-7-5-12(19)6-8-13;/h1-4,11-13H,5-10,19H2,(H,20,23);1H. The van der Waals surface area contributed by atoms with Crippen LogP contribution in [0.2, 0.25) is 0 Å². The SMILES string of the molecule is Cl.NC1CCC(NC(=O)C2CC(=O)N(c3ccccc3Br)C2)CC1. The van der Waals surface area contributed by atoms with Gasteiger partial charge in [0, 0.05) is 29.5 Å². The minimum Gasteiger partial charge on any atom is -0.353 e. The molecule has 0 bridgehead atoms. The molecule has 2 aliphatic rings. The minimum absolute atomic E-state index is 0. The lowest BCUT2D eigenvalue weighted by molar-refractivity contribution is -0.127. The van der Waals surface area contributed by atoms with Gasteiger partial charge in [-0.2, -0.15) is 0 Å². The zero-order valence-electron chi connectivity index (χ0n) is 13.4. The van der Waals surface area contributed by atoms with Gasteiger partial charge in [0.15, 0.2) is 0 Å². The van der Waals surface area contributed by atoms with Crippen molar-refractivity contribution < 1.29 is 9.59 Å². The van der Waals surface area contributed by atoms with Gasteiger partial charge in [-0.1, -0.05) is 12.1 Å². The van der Waals surface area contributed by atoms with E-state index in [1.54, 1.807) is 4.90 Å². The van der Waals surface area contributed by atoms with E-state index in [4.69, 9.17) is 5.73 Å². The van der Waals surface area contributed by atoms with Crippen LogP contribution in [0, 0.1) is 5.92 Å². The lowest BCUT2D eigenvalue weighted by Crippen LogP contribution is -2.43. The van der Waals surface area contributed by atoms with Crippen molar-refractivity contribution in [1.29, 1.82) is 0 Å². The zero-order chi connectivity index (χ0) is 16.4. The third kappa shape index (κ3) is 4.29. The van der Waals surface area contributed by atoms with Crippen LogP contribution in [0.5, 0.6) is 0 Å². The molecule has 0 radical (unpaired) electrons. The van der Waals surface area contributed by atoms with Gasteiger partial charge in [0.1, 0.15) is 0 Å². The van der Waals surface area contributed by atoms with Crippen LogP contribution in [0.3, 0.4) is 0 Å². The minimum atomic E-state index is -0.273. The van der Waals surface area contributed by atoms with Crippen molar-refractivity contribution in [3.63, 3.8) is 0 Å². The van der Waals surface area contributed by atoms with Crippen LogP contribution in [0.1, 0.15) is 32.1 Å². The normalized spacial score (nSPS) is 26.8. The number of halogens is 2. The monoisotopic (exact) mass is 415 g/mol. The second kappa shape index (κ2) is 8.32. The van der Waals surface area contributed by atoms with Crippen molar-refractivity contribution in [2.24, 2.45) is 11.7 Å². The first-order valence-electron chi connectivity index (χ1n) is 8.15. The van der Waals surface area contributed by atoms with Gasteiger partial charge in [-0.25, -0.2) is 0 Å². The van der Waals surface area contributed by atoms with Crippen molar-refractivity contribution in [1.82, 2.24) is 5.32 Å². The van der Waals surface area contributed by atoms with Crippen LogP contribution in [0.4, 0.5) is 5.69 Å². The molecule has 3 N–H and O–H groups in total. The van der Waals surface area contributed by atoms with Crippen LogP contribution >= 0.6 is 28.3 Å². The third-order valence-electron chi connectivity index (χ3n) is 4.76. The predicted molar refractivity (Wildman–Crippen MR) is 100 cm³/mol. The lowest BCUT2D eigenvalue weighted by atomic mass is 9.91. The molecule has 132 valence electrons. The van der Waals surface area contributed by atoms with Crippen LogP contribution < -0.4 is 16.0 Å². The van der Waals surface area contributed by atoms with Gasteiger partial charge in [0.05, 0.1) is 11.6 Å². The summed E-state index contributed by atoms with van der Waals surface area (Å²) in [5.74, 6) is -0.277. The molecule has 24 heavy (non-hydrogen) atoms. The van der Waals surface area contributed by atoms with E-state index < -0.39 is 0 Å². The summed E-state index contributed by atoms with van der Waals surface area (Å²) in [7, 11) is 0. The Morgan fingerprint density at radius 3 is 2.54 bits per heavy atom. The molecule has 1 unspecified atom stereocenters. The highest BCUT2D eigenvalue weighted by atomic mass is 79.9. The molecule has 3 rings (SSSR count). The van der Waals surface area contributed by atoms with E-state index in [0.29, 0.717) is 6.54 Å². The Labute approximate surface area is 156 Å². The van der Waals surface area contributed by atoms with Crippen molar-refractivity contribution in [3.8, 4) is 0 Å². The van der Waals surface area contributed by atoms with Gasteiger partial charge in [0.2, 0.25) is 11.8 Å². The predicted octanol–water partition coefficient (Wildman–Crippen LogP) is 2.61. The molecule has 1 saturated carbocycles. The number of hydrogen-bond acceptors (Lipinski definition) is 3. The maximum absolute atomic E-state index is 12.5. The molecule has 1 aromatic rings. The molecule has 2 fully saturated rings. The van der Waals surface area contributed by atoms with Gasteiger partial charge in [-0.3, -0.25) is 9.59 Å². The van der Waals surface area contributed by atoms with Gasteiger partial charge in [0.25, 0.3) is 0 Å². The molecule has 1 aliphatic heterocycles. The Bertz CT molecular complexity index is 605. The van der Waals surface area contributed by atoms with E-state index in [0.717, 1.165) is 35.8 Å². The highest BCUT2D eigenvalue weighted by Gasteiger charge is 2.36. The zero-order valence-corrected chi connectivity index (χ0v) is 15.8. The molecule has 0 aromatic heterocycles. The number of carbonyl (C=O) groups is 2. The topological polar surface area (TPSA) is 75.4 Å². The number of para-hydroxylation sites is 1. The maximum atomic E-state index is 12.5. The van der Waals surface area contributed by atoms with Crippen molar-refractivity contribution in [2.75, 3.05) is 11.4 Å². The van der Waals surface area contributed by atoms with E-state index in [2.05, 4.69) is 21.2 Å². The first-order valence-corrected chi connectivity index (χ1v) is 8.94. The number of nitrogens with zero attached hydrogens (tertiary/aromatic N) is 1. The second-order valence-electron chi connectivity index (χ2n) is 6.48. The van der Waals surface area contributed by atoms with Crippen molar-refractivity contribution in [2.45, 2.75) is 44.2 Å². The Morgan fingerprint density at radius 2 is 1.88 bits per heavy atom. The number of amides is 2. The summed E-state index contributed by atoms with van der Waals surface area (Å²) in [6.07, 6.45) is 4.05. The van der Waals surface area contributed by atoms with Gasteiger partial charge in [-0.15, -0.1) is 12.4 Å². The Balaban J connectivity index is 0.00000208. The molecule has 5 nitrogen and oxygen atoms in total. The van der Waals surface area contributed by atoms with E-state index in [1.807, 2.05) is 24.3 Å². The Morgan fingerprint density at radius 1 is 1.21 bits per heavy atom. The summed E-state index contributed by atoms with van der Waals surface area (Å²) in [6.45, 7) is 0.444. The number of hydrogen-bond donors (Lipinski definition) is 2. The molecule has 1 aromatic carbocycles. The van der Waals surface area contributed by atoms with E-state index in [1.165, 1.54) is 0 Å². The highest BCUT2D eigenvalue weighted by molar-refractivity contribution is 9.10. The van der Waals surface area contributed by atoms with Crippen LogP contribution in [-0.4, -0.2) is 30.4 Å². The lowest BCUT2D eigenvalue weighted by Gasteiger charge is -2.27. The molecule has 7 heteroatoms. The smallest absolute Gasteiger partial charge is 0.227 e. The van der Waals surface area contributed by atoms with E-state index in [-0.39, 0.29) is 48.6 Å². The summed E-state index contributed by atoms with van der Waals surface area (Å²) in [5.41, 5.74) is 6.73. The first kappa shape index (κ1) is 19.2. The number of rotatable bonds is 3. The number of nitrogens with one attached hydrogen (secondary N) is 1. The molecule has 1 heterocycles. The average molecular weight is 417 g/mol. The van der Waals surface area contributed by atoms with Crippen LogP contribution in [0.15, 0.2) is 28.7 Å². The third-order valence-corrected chi connectivity index (χ3v) is 5.43. The Kier molecular flexibility index (Phi) is 6.66. The first-order chi connectivity index (χ1) is 11.0. The Hall–Kier alpha value is -1.11. The quantitative estimate of drug-likeness (QED) is 0.795. The number of carbonyl (C=O) groups excluding carboxylic acids is 2. The van der Waals surface area contributed by atoms with Crippen LogP contribution in [0.25, 0.3) is 0 Å². The summed E-state index contributed by atoms with van der Waals surface area (Å²) in [6, 6.07) is 8.07. The number of benzene rings is 1. The summed E-state index contributed by atoms with van der Waals surface area (Å²) in [4.78, 5) is 26.5. The fourth-order valence-electron chi connectivity index (χ4n) is 3.37. The maximum Gasteiger partial charge on any atom is 0.227 e. The van der Waals surface area contributed by atoms with Gasteiger partial charge < -0.3 is 16.0 Å². The fourth-order valence-corrected chi connectivity index (χ4v) is 3.87. The molecule has 1 saturated heterocycles. The number of nitrogens with two attached hydrogens (primary N) is 1. The second-order valence-corrected chi connectivity index (χ2v) is 7.33. The molecule has 2 amide bonds. The molecule has 0 spiro atoms. The van der Waals surface area contributed by atoms with Gasteiger partial charge >= 0.3 is 0 Å². The highest BCUT2D eigenvalue weighted by Crippen LogP contribution is 2.31. The fraction of sp³-hybridized carbons (Fsp3) is 0.529. The van der Waals surface area contributed by atoms with Crippen molar-refractivity contribution in [3.05, 3.63) is 28.7 Å². The molecular formula is C17H23BrClN3O2. The van der Waals surface area contributed by atoms with E-state index in [9.17, 15) is 9.59 Å². The molecule has 1 atom stereocenters. The van der Waals surface area contributed by atoms with Crippen LogP contribution in [-0.2, 0) is 9.59 Å². The van der Waals surface area contributed by atoms with Gasteiger partial charge in [-0.05, 0) is 53.7 Å². The summed E-state index contributed by atoms with van der Waals surface area (Å²) < 4.78 is 0.871. The summed E-state index contributed by atoms with van der Waals surface area (Å²) >= 11 is 3.47. The molecular weight excluding hydrogens is 394 g/mol. The molecule has 1 aliphatic carbocycles.